The molecule has 1 aromatic heterocycles. The maximum atomic E-state index is 12.1. The number of rotatable bonds is 6. The quantitative estimate of drug-likeness (QED) is 0.610. The van der Waals surface area contributed by atoms with Crippen molar-refractivity contribution in [3.8, 4) is 0 Å². The first-order valence-corrected chi connectivity index (χ1v) is 10.0. The van der Waals surface area contributed by atoms with Crippen molar-refractivity contribution in [3.63, 3.8) is 0 Å². The van der Waals surface area contributed by atoms with Gasteiger partial charge in [0.2, 0.25) is 0 Å². The maximum absolute atomic E-state index is 12.1. The molecule has 0 saturated carbocycles. The third-order valence-corrected chi connectivity index (χ3v) is 5.87. The number of nitrogens with zero attached hydrogens (tertiary/aromatic N) is 1. The molecule has 0 amide bonds. The average molecular weight is 364 g/mol. The second-order valence-electron chi connectivity index (χ2n) is 6.93. The van der Waals surface area contributed by atoms with Crippen LogP contribution in [0.1, 0.15) is 39.0 Å². The van der Waals surface area contributed by atoms with Gasteiger partial charge in [0.25, 0.3) is 0 Å². The third kappa shape index (κ3) is 5.33. The Labute approximate surface area is 152 Å². The van der Waals surface area contributed by atoms with Crippen LogP contribution in [0.4, 0.5) is 0 Å². The number of furan rings is 1. The van der Waals surface area contributed by atoms with Gasteiger partial charge in [0.1, 0.15) is 17.9 Å². The van der Waals surface area contributed by atoms with E-state index < -0.39 is 10.8 Å². The van der Waals surface area contributed by atoms with Gasteiger partial charge in [-0.1, -0.05) is 18.2 Å². The monoisotopic (exact) mass is 363 g/mol. The average Bonchev–Trinajstić information content (AvgIpc) is 2.88. The molecule has 1 unspecified atom stereocenters. The summed E-state index contributed by atoms with van der Waals surface area (Å²) in [4.78, 5) is 4.60. The van der Waals surface area contributed by atoms with Gasteiger partial charge >= 0.3 is 0 Å². The lowest BCUT2D eigenvalue weighted by atomic mass is 10.1. The Kier molecular flexibility index (Phi) is 6.64. The number of aryl methyl sites for hydroxylation is 1. The number of hydrogen-bond acceptors (Lipinski definition) is 3. The van der Waals surface area contributed by atoms with Gasteiger partial charge in [-0.3, -0.25) is 4.21 Å². The molecule has 0 radical (unpaired) electrons. The van der Waals surface area contributed by atoms with Gasteiger partial charge in [-0.2, -0.15) is 0 Å². The smallest absolute Gasteiger partial charge is 0.191 e. The zero-order valence-electron chi connectivity index (χ0n) is 15.8. The highest BCUT2D eigenvalue weighted by molar-refractivity contribution is 7.86. The molecule has 0 aliphatic rings. The lowest BCUT2D eigenvalue weighted by Crippen LogP contribution is -2.40. The molecule has 1 heterocycles. The predicted molar refractivity (Wildman–Crippen MR) is 107 cm³/mol. The van der Waals surface area contributed by atoms with Gasteiger partial charge < -0.3 is 15.1 Å². The Morgan fingerprint density at radius 3 is 2.60 bits per heavy atom. The summed E-state index contributed by atoms with van der Waals surface area (Å²) in [5.74, 6) is 2.18. The first-order valence-electron chi connectivity index (χ1n) is 8.70. The predicted octanol–water partition coefficient (Wildman–Crippen LogP) is 3.34. The van der Waals surface area contributed by atoms with Gasteiger partial charge in [0.05, 0.1) is 0 Å². The zero-order valence-corrected chi connectivity index (χ0v) is 16.6. The Morgan fingerprint density at radius 1 is 1.24 bits per heavy atom. The second kappa shape index (κ2) is 8.52. The first kappa shape index (κ1) is 19.5. The minimum absolute atomic E-state index is 0.192. The highest BCUT2D eigenvalue weighted by Crippen LogP contribution is 2.25. The van der Waals surface area contributed by atoms with E-state index >= 15 is 0 Å². The highest BCUT2D eigenvalue weighted by Gasteiger charge is 2.18. The van der Waals surface area contributed by atoms with E-state index in [4.69, 9.17) is 4.42 Å². The van der Waals surface area contributed by atoms with Crippen LogP contribution in [0, 0.1) is 6.92 Å². The van der Waals surface area contributed by atoms with Gasteiger partial charge in [-0.25, -0.2) is 4.99 Å². The number of benzene rings is 1. The van der Waals surface area contributed by atoms with Gasteiger partial charge in [0.15, 0.2) is 5.96 Å². The Balaban J connectivity index is 2.01. The molecule has 138 valence electrons. The standard InChI is InChI=1S/C19H29N3O2S/c1-6-20-18(21-11-12-25(23)19(3,4)5)22-13-17-14(2)15-9-7-8-10-16(15)24-17/h7-10H,6,11-13H2,1-5H3,(H2,20,21,22). The van der Waals surface area contributed by atoms with Crippen molar-refractivity contribution in [2.75, 3.05) is 18.8 Å². The molecule has 5 nitrogen and oxygen atoms in total. The molecule has 25 heavy (non-hydrogen) atoms. The molecule has 2 N–H and O–H groups in total. The van der Waals surface area contributed by atoms with Crippen LogP contribution in [0.2, 0.25) is 0 Å². The van der Waals surface area contributed by atoms with Crippen molar-refractivity contribution >= 4 is 27.7 Å². The second-order valence-corrected chi connectivity index (χ2v) is 9.25. The van der Waals surface area contributed by atoms with E-state index in [-0.39, 0.29) is 4.75 Å². The van der Waals surface area contributed by atoms with Crippen LogP contribution in [0.3, 0.4) is 0 Å². The van der Waals surface area contributed by atoms with E-state index in [1.54, 1.807) is 0 Å². The number of guanidine groups is 1. The molecule has 2 rings (SSSR count). The molecule has 6 heteroatoms. The van der Waals surface area contributed by atoms with Crippen molar-refractivity contribution < 1.29 is 8.63 Å². The number of aliphatic imine (C=N–C) groups is 1. The van der Waals surface area contributed by atoms with E-state index in [0.29, 0.717) is 24.8 Å². The van der Waals surface area contributed by atoms with Crippen LogP contribution in [0.5, 0.6) is 0 Å². The van der Waals surface area contributed by atoms with E-state index in [1.807, 2.05) is 45.9 Å². The van der Waals surface area contributed by atoms with Crippen LogP contribution in [0.25, 0.3) is 11.0 Å². The van der Waals surface area contributed by atoms with E-state index in [1.165, 1.54) is 0 Å². The van der Waals surface area contributed by atoms with Gasteiger partial charge in [-0.15, -0.1) is 0 Å². The third-order valence-electron chi connectivity index (χ3n) is 3.93. The molecule has 1 atom stereocenters. The number of nitrogens with one attached hydrogen (secondary N) is 2. The first-order chi connectivity index (χ1) is 11.8. The normalized spacial score (nSPS) is 13.9. The molecule has 0 aliphatic carbocycles. The molecule has 0 fully saturated rings. The fourth-order valence-electron chi connectivity index (χ4n) is 2.44. The van der Waals surface area contributed by atoms with Crippen molar-refractivity contribution in [1.29, 1.82) is 0 Å². The summed E-state index contributed by atoms with van der Waals surface area (Å²) in [5, 5.41) is 7.60. The largest absolute Gasteiger partial charge is 0.459 e. The summed E-state index contributed by atoms with van der Waals surface area (Å²) < 4.78 is 17.8. The topological polar surface area (TPSA) is 66.6 Å². The van der Waals surface area contributed by atoms with Gasteiger partial charge in [-0.05, 0) is 40.7 Å². The lowest BCUT2D eigenvalue weighted by molar-refractivity contribution is 0.548. The molecule has 0 bridgehead atoms. The SMILES string of the molecule is CCNC(=NCc1oc2ccccc2c1C)NCCS(=O)C(C)(C)C. The van der Waals surface area contributed by atoms with Crippen LogP contribution in [-0.4, -0.2) is 33.8 Å². The summed E-state index contributed by atoms with van der Waals surface area (Å²) in [5.41, 5.74) is 2.02. The van der Waals surface area contributed by atoms with E-state index in [9.17, 15) is 4.21 Å². The lowest BCUT2D eigenvalue weighted by Gasteiger charge is -2.18. The van der Waals surface area contributed by atoms with Gasteiger partial charge in [0, 0.05) is 45.3 Å². The fourth-order valence-corrected chi connectivity index (χ4v) is 3.34. The number of hydrogen-bond donors (Lipinski definition) is 2. The van der Waals surface area contributed by atoms with Crippen molar-refractivity contribution in [3.05, 3.63) is 35.6 Å². The molecular weight excluding hydrogens is 334 g/mol. The minimum atomic E-state index is -0.876. The molecular formula is C19H29N3O2S. The number of para-hydroxylation sites is 1. The summed E-state index contributed by atoms with van der Waals surface area (Å²) in [6.07, 6.45) is 0. The van der Waals surface area contributed by atoms with E-state index in [0.717, 1.165) is 28.8 Å². The maximum Gasteiger partial charge on any atom is 0.191 e. The molecule has 0 spiro atoms. The van der Waals surface area contributed by atoms with Crippen LogP contribution in [-0.2, 0) is 17.3 Å². The van der Waals surface area contributed by atoms with Crippen LogP contribution < -0.4 is 10.6 Å². The summed E-state index contributed by atoms with van der Waals surface area (Å²) in [6.45, 7) is 11.9. The molecule has 0 saturated heterocycles. The number of fused-ring (bicyclic) bond motifs is 1. The Morgan fingerprint density at radius 2 is 1.96 bits per heavy atom. The summed E-state index contributed by atoms with van der Waals surface area (Å²) >= 11 is 0. The zero-order chi connectivity index (χ0) is 18.4. The Bertz CT molecular complexity index is 760. The highest BCUT2D eigenvalue weighted by atomic mass is 32.2. The molecule has 0 aliphatic heterocycles. The van der Waals surface area contributed by atoms with Crippen molar-refractivity contribution in [2.24, 2.45) is 4.99 Å². The Hall–Kier alpha value is -1.82. The summed E-state index contributed by atoms with van der Waals surface area (Å²) in [7, 11) is -0.876. The fraction of sp³-hybridized carbons (Fsp3) is 0.526. The van der Waals surface area contributed by atoms with Crippen molar-refractivity contribution in [1.82, 2.24) is 10.6 Å². The summed E-state index contributed by atoms with van der Waals surface area (Å²) in [6, 6.07) is 8.02. The van der Waals surface area contributed by atoms with Crippen LogP contribution in [0.15, 0.2) is 33.7 Å². The molecule has 1 aromatic carbocycles. The minimum Gasteiger partial charge on any atom is -0.459 e. The van der Waals surface area contributed by atoms with E-state index in [2.05, 4.69) is 28.6 Å². The molecule has 2 aromatic rings. The van der Waals surface area contributed by atoms with Crippen molar-refractivity contribution in [2.45, 2.75) is 45.9 Å². The van der Waals surface area contributed by atoms with Crippen LogP contribution >= 0.6 is 0 Å².